The van der Waals surface area contributed by atoms with Crippen molar-refractivity contribution in [1.82, 2.24) is 4.98 Å². The molecule has 0 fully saturated rings. The topological polar surface area (TPSA) is 52.2 Å². The number of fused-ring (bicyclic) bond motifs is 1. The Hall–Kier alpha value is -2.07. The molecule has 0 spiro atoms. The van der Waals surface area contributed by atoms with E-state index in [-0.39, 0.29) is 0 Å². The lowest BCUT2D eigenvalue weighted by molar-refractivity contribution is -0.360. The molecule has 0 amide bonds. The van der Waals surface area contributed by atoms with Gasteiger partial charge in [0, 0.05) is 5.02 Å². The first-order chi connectivity index (χ1) is 8.78. The van der Waals surface area contributed by atoms with Crippen LogP contribution in [0.15, 0.2) is 40.9 Å². The first kappa shape index (κ1) is 11.0. The number of hydrogen-bond acceptors (Lipinski definition) is 3. The van der Waals surface area contributed by atoms with Gasteiger partial charge in [0.05, 0.1) is 13.2 Å². The molecule has 2 aromatic heterocycles. The predicted octanol–water partition coefficient (Wildman–Crippen LogP) is 3.00. The van der Waals surface area contributed by atoms with E-state index in [4.69, 9.17) is 16.0 Å². The smallest absolute Gasteiger partial charge is 0.284 e. The number of benzene rings is 1. The first-order valence-electron chi connectivity index (χ1n) is 5.53. The summed E-state index contributed by atoms with van der Waals surface area (Å²) in [6.45, 7) is 0. The summed E-state index contributed by atoms with van der Waals surface area (Å²) in [5, 5.41) is 3.72. The van der Waals surface area contributed by atoms with Crippen LogP contribution in [0.4, 0.5) is 5.82 Å². The number of halogens is 1. The van der Waals surface area contributed by atoms with Gasteiger partial charge in [0.25, 0.3) is 5.82 Å². The molecule has 4 nitrogen and oxygen atoms in total. The fraction of sp³-hybridized carbons (Fsp3) is 0.0769. The van der Waals surface area contributed by atoms with E-state index in [2.05, 4.69) is 15.3 Å². The van der Waals surface area contributed by atoms with Crippen LogP contribution in [0.1, 0.15) is 0 Å². The number of nitrogens with one attached hydrogen (secondary N) is 2. The molecule has 90 valence electrons. The van der Waals surface area contributed by atoms with Crippen molar-refractivity contribution in [3.05, 3.63) is 41.6 Å². The second-order valence-corrected chi connectivity index (χ2v) is 4.28. The third kappa shape index (κ3) is 1.80. The summed E-state index contributed by atoms with van der Waals surface area (Å²) in [4.78, 5) is 7.55. The summed E-state index contributed by atoms with van der Waals surface area (Å²) in [6.07, 6.45) is 1.84. The van der Waals surface area contributed by atoms with Crippen molar-refractivity contribution in [3.63, 3.8) is 0 Å². The lowest BCUT2D eigenvalue weighted by Crippen LogP contribution is -2.10. The van der Waals surface area contributed by atoms with Crippen LogP contribution in [0.3, 0.4) is 0 Å². The second-order valence-electron chi connectivity index (χ2n) is 3.84. The highest BCUT2D eigenvalue weighted by Gasteiger charge is 2.15. The van der Waals surface area contributed by atoms with Crippen molar-refractivity contribution in [2.75, 3.05) is 12.4 Å². The molecular formula is C13H11ClN3O+. The van der Waals surface area contributed by atoms with Gasteiger partial charge in [-0.05, 0) is 30.3 Å². The minimum atomic E-state index is 0.563. The molecule has 18 heavy (non-hydrogen) atoms. The third-order valence-electron chi connectivity index (χ3n) is 2.69. The van der Waals surface area contributed by atoms with Gasteiger partial charge in [0.2, 0.25) is 5.89 Å². The van der Waals surface area contributed by atoms with E-state index in [1.165, 1.54) is 0 Å². The maximum absolute atomic E-state index is 5.93. The van der Waals surface area contributed by atoms with E-state index >= 15 is 0 Å². The van der Waals surface area contributed by atoms with Crippen molar-refractivity contribution in [2.45, 2.75) is 0 Å². The summed E-state index contributed by atoms with van der Waals surface area (Å²) in [5.74, 6) is 1.42. The highest BCUT2D eigenvalue weighted by Crippen LogP contribution is 2.28. The molecule has 5 heteroatoms. The quantitative estimate of drug-likeness (QED) is 0.771. The SMILES string of the molecule is CNc1[nH+]cccc1-c1nc2cc(Cl)ccc2o1. The number of pyridine rings is 1. The number of hydrogen-bond donors (Lipinski definition) is 1. The number of aromatic nitrogens is 2. The van der Waals surface area contributed by atoms with Crippen molar-refractivity contribution in [2.24, 2.45) is 0 Å². The van der Waals surface area contributed by atoms with Crippen LogP contribution in [-0.2, 0) is 0 Å². The molecule has 0 radical (unpaired) electrons. The van der Waals surface area contributed by atoms with Gasteiger partial charge in [-0.15, -0.1) is 0 Å². The maximum Gasteiger partial charge on any atom is 0.284 e. The molecule has 3 rings (SSSR count). The largest absolute Gasteiger partial charge is 0.436 e. The van der Waals surface area contributed by atoms with Gasteiger partial charge in [-0.25, -0.2) is 9.97 Å². The van der Waals surface area contributed by atoms with Gasteiger partial charge in [-0.2, -0.15) is 0 Å². The Morgan fingerprint density at radius 1 is 1.33 bits per heavy atom. The van der Waals surface area contributed by atoms with Crippen LogP contribution in [0.25, 0.3) is 22.6 Å². The fourth-order valence-electron chi connectivity index (χ4n) is 1.84. The highest BCUT2D eigenvalue weighted by molar-refractivity contribution is 6.31. The lowest BCUT2D eigenvalue weighted by atomic mass is 10.2. The molecule has 0 unspecified atom stereocenters. The molecule has 0 atom stereocenters. The second kappa shape index (κ2) is 4.31. The Morgan fingerprint density at radius 3 is 3.06 bits per heavy atom. The van der Waals surface area contributed by atoms with Gasteiger partial charge in [0.1, 0.15) is 11.1 Å². The van der Waals surface area contributed by atoms with Gasteiger partial charge >= 0.3 is 0 Å². The van der Waals surface area contributed by atoms with Crippen LogP contribution in [-0.4, -0.2) is 12.0 Å². The van der Waals surface area contributed by atoms with Crippen LogP contribution < -0.4 is 10.3 Å². The number of anilines is 1. The minimum absolute atomic E-state index is 0.563. The minimum Gasteiger partial charge on any atom is -0.436 e. The summed E-state index contributed by atoms with van der Waals surface area (Å²) in [6, 6.07) is 9.23. The zero-order chi connectivity index (χ0) is 12.5. The van der Waals surface area contributed by atoms with Gasteiger partial charge in [0.15, 0.2) is 5.58 Å². The Balaban J connectivity index is 2.19. The Kier molecular flexibility index (Phi) is 2.64. The number of aromatic amines is 1. The van der Waals surface area contributed by atoms with Crippen molar-refractivity contribution < 1.29 is 9.40 Å². The summed E-state index contributed by atoms with van der Waals surface area (Å²) >= 11 is 5.93. The highest BCUT2D eigenvalue weighted by atomic mass is 35.5. The number of oxazole rings is 1. The van der Waals surface area contributed by atoms with Gasteiger partial charge in [-0.1, -0.05) is 11.6 Å². The number of rotatable bonds is 2. The Labute approximate surface area is 109 Å². The van der Waals surface area contributed by atoms with E-state index in [1.807, 2.05) is 31.4 Å². The summed E-state index contributed by atoms with van der Waals surface area (Å²) < 4.78 is 5.72. The van der Waals surface area contributed by atoms with E-state index in [0.29, 0.717) is 10.9 Å². The average molecular weight is 261 g/mol. The Morgan fingerprint density at radius 2 is 2.22 bits per heavy atom. The molecule has 0 aliphatic carbocycles. The molecule has 2 N–H and O–H groups in total. The molecule has 3 aromatic rings. The molecule has 0 saturated carbocycles. The monoisotopic (exact) mass is 260 g/mol. The Bertz CT molecular complexity index is 708. The van der Waals surface area contributed by atoms with Crippen LogP contribution in [0, 0.1) is 0 Å². The number of H-pyrrole nitrogens is 1. The summed E-state index contributed by atoms with van der Waals surface area (Å²) in [7, 11) is 1.84. The van der Waals surface area contributed by atoms with Gasteiger partial charge in [-0.3, -0.25) is 5.32 Å². The van der Waals surface area contributed by atoms with E-state index in [9.17, 15) is 0 Å². The fourth-order valence-corrected chi connectivity index (χ4v) is 2.00. The van der Waals surface area contributed by atoms with E-state index in [0.717, 1.165) is 22.5 Å². The molecule has 1 aromatic carbocycles. The molecule has 2 heterocycles. The zero-order valence-electron chi connectivity index (χ0n) is 9.70. The van der Waals surface area contributed by atoms with Crippen LogP contribution in [0.5, 0.6) is 0 Å². The summed E-state index contributed by atoms with van der Waals surface area (Å²) in [5.41, 5.74) is 2.36. The predicted molar refractivity (Wildman–Crippen MR) is 70.6 cm³/mol. The first-order valence-corrected chi connectivity index (χ1v) is 5.90. The molecule has 0 aliphatic rings. The number of nitrogens with zero attached hydrogens (tertiary/aromatic N) is 1. The van der Waals surface area contributed by atoms with Crippen LogP contribution >= 0.6 is 11.6 Å². The zero-order valence-corrected chi connectivity index (χ0v) is 10.5. The molecule has 0 saturated heterocycles. The van der Waals surface area contributed by atoms with Crippen LogP contribution in [0.2, 0.25) is 5.02 Å². The average Bonchev–Trinajstić information content (AvgIpc) is 2.81. The molecular weight excluding hydrogens is 250 g/mol. The maximum atomic E-state index is 5.93. The molecule has 0 aliphatic heterocycles. The normalized spacial score (nSPS) is 10.8. The third-order valence-corrected chi connectivity index (χ3v) is 2.92. The van der Waals surface area contributed by atoms with E-state index < -0.39 is 0 Å². The van der Waals surface area contributed by atoms with Crippen molar-refractivity contribution in [3.8, 4) is 11.5 Å². The van der Waals surface area contributed by atoms with E-state index in [1.54, 1.807) is 12.1 Å². The standard InChI is InChI=1S/C13H10ClN3O/c1-15-12-9(3-2-6-16-12)13-17-10-7-8(14)4-5-11(10)18-13/h2-7H,1H3,(H,15,16)/p+1. The lowest BCUT2D eigenvalue weighted by Gasteiger charge is -1.97. The van der Waals surface area contributed by atoms with Crippen molar-refractivity contribution in [1.29, 1.82) is 0 Å². The van der Waals surface area contributed by atoms with Crippen molar-refractivity contribution >= 4 is 28.5 Å². The molecule has 0 bridgehead atoms. The van der Waals surface area contributed by atoms with Gasteiger partial charge < -0.3 is 4.42 Å².